The molecule has 0 saturated carbocycles. The van der Waals surface area contributed by atoms with Gasteiger partial charge in [0, 0.05) is 22.6 Å². The third-order valence-electron chi connectivity index (χ3n) is 7.86. The summed E-state index contributed by atoms with van der Waals surface area (Å²) in [6.45, 7) is 1.98. The minimum Gasteiger partial charge on any atom is -0.274 e. The van der Waals surface area contributed by atoms with Crippen LogP contribution < -0.4 is 4.90 Å². The Kier molecular flexibility index (Phi) is 4.19. The lowest BCUT2D eigenvalue weighted by Gasteiger charge is -2.59. The summed E-state index contributed by atoms with van der Waals surface area (Å²) in [6, 6.07) is 23.6. The van der Waals surface area contributed by atoms with Gasteiger partial charge in [-0.05, 0) is 41.3 Å². The van der Waals surface area contributed by atoms with Gasteiger partial charge in [-0.25, -0.2) is 4.90 Å². The van der Waals surface area contributed by atoms with Crippen molar-refractivity contribution < 1.29 is 9.59 Å². The molecule has 160 valence electrons. The monoisotopic (exact) mass is 461 g/mol. The second kappa shape index (κ2) is 6.69. The molecule has 2 bridgehead atoms. The first kappa shape index (κ1) is 20.0. The molecule has 5 heteroatoms. The number of hydrogen-bond donors (Lipinski definition) is 0. The van der Waals surface area contributed by atoms with E-state index in [0.717, 1.165) is 27.8 Å². The van der Waals surface area contributed by atoms with Crippen LogP contribution in [-0.4, -0.2) is 23.6 Å². The Bertz CT molecular complexity index is 1160. The van der Waals surface area contributed by atoms with Gasteiger partial charge in [-0.3, -0.25) is 9.59 Å². The zero-order valence-corrected chi connectivity index (χ0v) is 19.0. The van der Waals surface area contributed by atoms with E-state index in [1.807, 2.05) is 55.5 Å². The Hall–Kier alpha value is -2.62. The van der Waals surface area contributed by atoms with E-state index in [2.05, 4.69) is 24.3 Å². The normalized spacial score (nSPS) is 29.7. The fraction of sp³-hybridized carbons (Fsp3) is 0.259. The number of nitrogens with zero attached hydrogens (tertiary/aromatic N) is 1. The van der Waals surface area contributed by atoms with Gasteiger partial charge < -0.3 is 0 Å². The van der Waals surface area contributed by atoms with Crippen molar-refractivity contribution in [2.24, 2.45) is 11.8 Å². The maximum Gasteiger partial charge on any atom is 0.239 e. The van der Waals surface area contributed by atoms with Crippen LogP contribution in [0.15, 0.2) is 72.8 Å². The molecule has 7 rings (SSSR count). The summed E-state index contributed by atoms with van der Waals surface area (Å²) in [6.07, 6.45) is 0. The van der Waals surface area contributed by atoms with Crippen LogP contribution in [0.3, 0.4) is 0 Å². The standard InChI is InChI=1S/C27H21Cl2NO2/c1-16-10-12-17(13-11-16)30-24(31)22-23(25(30)32)27(15-29)19-7-3-2-6-18(19)26(22,14-28)20-8-4-5-9-21(20)27/h2-13,22-23H,14-15H2,1H3. The van der Waals surface area contributed by atoms with Gasteiger partial charge in [0.25, 0.3) is 0 Å². The van der Waals surface area contributed by atoms with Gasteiger partial charge in [-0.2, -0.15) is 0 Å². The van der Waals surface area contributed by atoms with Crippen LogP contribution in [0.4, 0.5) is 5.69 Å². The van der Waals surface area contributed by atoms with E-state index in [-0.39, 0.29) is 23.6 Å². The molecule has 3 aliphatic carbocycles. The molecule has 1 fully saturated rings. The fourth-order valence-corrected chi connectivity index (χ4v) is 7.46. The number of hydrogen-bond acceptors (Lipinski definition) is 2. The smallest absolute Gasteiger partial charge is 0.239 e. The highest BCUT2D eigenvalue weighted by Crippen LogP contribution is 2.67. The molecule has 3 nitrogen and oxygen atoms in total. The molecule has 0 N–H and O–H groups in total. The predicted octanol–water partition coefficient (Wildman–Crippen LogP) is 5.18. The lowest BCUT2D eigenvalue weighted by Crippen LogP contribution is -2.62. The van der Waals surface area contributed by atoms with Crippen LogP contribution in [0.5, 0.6) is 0 Å². The Morgan fingerprint density at radius 1 is 0.688 bits per heavy atom. The van der Waals surface area contributed by atoms with Crippen LogP contribution in [-0.2, 0) is 20.4 Å². The number of rotatable bonds is 3. The number of halogens is 2. The lowest BCUT2D eigenvalue weighted by molar-refractivity contribution is -0.124. The molecule has 4 aliphatic rings. The summed E-state index contributed by atoms with van der Waals surface area (Å²) in [7, 11) is 0. The topological polar surface area (TPSA) is 37.4 Å². The highest BCUT2D eigenvalue weighted by atomic mass is 35.5. The molecule has 0 spiro atoms. The largest absolute Gasteiger partial charge is 0.274 e. The van der Waals surface area contributed by atoms with Crippen LogP contribution in [0, 0.1) is 18.8 Å². The summed E-state index contributed by atoms with van der Waals surface area (Å²) >= 11 is 13.6. The first-order chi connectivity index (χ1) is 15.5. The van der Waals surface area contributed by atoms with Crippen LogP contribution in [0.1, 0.15) is 27.8 Å². The fourth-order valence-electron chi connectivity index (χ4n) is 6.55. The maximum atomic E-state index is 14.1. The lowest BCUT2D eigenvalue weighted by atomic mass is 9.42. The highest BCUT2D eigenvalue weighted by molar-refractivity contribution is 6.27. The number of benzene rings is 3. The molecule has 1 saturated heterocycles. The average Bonchev–Trinajstić information content (AvgIpc) is 3.11. The van der Waals surface area contributed by atoms with Gasteiger partial charge in [-0.15, -0.1) is 23.2 Å². The maximum absolute atomic E-state index is 14.1. The number of carbonyl (C=O) groups excluding carboxylic acids is 2. The van der Waals surface area contributed by atoms with E-state index in [1.165, 1.54) is 4.90 Å². The Balaban J connectivity index is 1.70. The van der Waals surface area contributed by atoms with Crippen molar-refractivity contribution in [2.75, 3.05) is 16.7 Å². The van der Waals surface area contributed by atoms with Crippen molar-refractivity contribution in [2.45, 2.75) is 17.8 Å². The Morgan fingerprint density at radius 2 is 1.06 bits per heavy atom. The van der Waals surface area contributed by atoms with Gasteiger partial charge in [-0.1, -0.05) is 66.2 Å². The van der Waals surface area contributed by atoms with E-state index < -0.39 is 22.7 Å². The molecule has 2 amide bonds. The molecule has 0 aromatic heterocycles. The highest BCUT2D eigenvalue weighted by Gasteiger charge is 2.73. The first-order valence-electron chi connectivity index (χ1n) is 10.8. The van der Waals surface area contributed by atoms with E-state index in [4.69, 9.17) is 23.2 Å². The summed E-state index contributed by atoms with van der Waals surface area (Å²) < 4.78 is 0. The quantitative estimate of drug-likeness (QED) is 0.398. The molecule has 32 heavy (non-hydrogen) atoms. The van der Waals surface area contributed by atoms with Crippen molar-refractivity contribution in [3.8, 4) is 0 Å². The van der Waals surface area contributed by atoms with Crippen molar-refractivity contribution in [1.82, 2.24) is 0 Å². The third kappa shape index (κ3) is 2.09. The number of aryl methyl sites for hydroxylation is 1. The molecule has 2 atom stereocenters. The molecule has 3 aromatic rings. The molecule has 3 aromatic carbocycles. The van der Waals surface area contributed by atoms with Crippen molar-refractivity contribution in [1.29, 1.82) is 0 Å². The Labute approximate surface area is 197 Å². The molecular formula is C27H21Cl2NO2. The number of amides is 2. The van der Waals surface area contributed by atoms with Gasteiger partial charge in [0.05, 0.1) is 17.5 Å². The number of carbonyl (C=O) groups is 2. The van der Waals surface area contributed by atoms with Crippen LogP contribution in [0.25, 0.3) is 0 Å². The summed E-state index contributed by atoms with van der Waals surface area (Å²) in [4.78, 5) is 29.5. The van der Waals surface area contributed by atoms with E-state index in [9.17, 15) is 9.59 Å². The zero-order valence-electron chi connectivity index (χ0n) is 17.5. The number of imide groups is 1. The minimum absolute atomic E-state index is 0.192. The molecular weight excluding hydrogens is 441 g/mol. The van der Waals surface area contributed by atoms with Crippen molar-refractivity contribution in [3.63, 3.8) is 0 Å². The second-order valence-corrected chi connectivity index (χ2v) is 9.64. The predicted molar refractivity (Wildman–Crippen MR) is 127 cm³/mol. The average molecular weight is 462 g/mol. The van der Waals surface area contributed by atoms with E-state index in [1.54, 1.807) is 0 Å². The molecule has 1 heterocycles. The van der Waals surface area contributed by atoms with Crippen molar-refractivity contribution >= 4 is 40.7 Å². The number of anilines is 1. The van der Waals surface area contributed by atoms with Crippen LogP contribution in [0.2, 0.25) is 0 Å². The van der Waals surface area contributed by atoms with Crippen LogP contribution >= 0.6 is 23.2 Å². The summed E-state index contributed by atoms with van der Waals surface area (Å²) in [5.74, 6) is -1.16. The molecule has 1 aliphatic heterocycles. The van der Waals surface area contributed by atoms with Crippen molar-refractivity contribution in [3.05, 3.63) is 101 Å². The zero-order chi connectivity index (χ0) is 22.3. The van der Waals surface area contributed by atoms with Gasteiger partial charge >= 0.3 is 0 Å². The van der Waals surface area contributed by atoms with Gasteiger partial charge in [0.2, 0.25) is 11.8 Å². The van der Waals surface area contributed by atoms with Gasteiger partial charge in [0.15, 0.2) is 0 Å². The Morgan fingerprint density at radius 3 is 1.41 bits per heavy atom. The van der Waals surface area contributed by atoms with Gasteiger partial charge in [0.1, 0.15) is 0 Å². The molecule has 0 radical (unpaired) electrons. The summed E-state index contributed by atoms with van der Waals surface area (Å²) in [5, 5.41) is 0. The number of alkyl halides is 2. The summed E-state index contributed by atoms with van der Waals surface area (Å²) in [5.41, 5.74) is 4.18. The van der Waals surface area contributed by atoms with E-state index >= 15 is 0 Å². The second-order valence-electron chi connectivity index (χ2n) is 9.10. The third-order valence-corrected chi connectivity index (χ3v) is 8.70. The minimum atomic E-state index is -0.778. The SMILES string of the molecule is Cc1ccc(N2C(=O)C3C(C2=O)C2(CCl)c4ccccc4C3(CCl)c3ccccc32)cc1. The first-order valence-corrected chi connectivity index (χ1v) is 11.9. The van der Waals surface area contributed by atoms with E-state index in [0.29, 0.717) is 5.69 Å². The molecule has 2 unspecified atom stereocenters.